The average molecular weight is 375 g/mol. The first-order chi connectivity index (χ1) is 11.0. The van der Waals surface area contributed by atoms with Gasteiger partial charge in [-0.25, -0.2) is 0 Å². The zero-order valence-corrected chi connectivity index (χ0v) is 19.1. The molecule has 6 heteroatoms. The first kappa shape index (κ1) is 20.6. The summed E-state index contributed by atoms with van der Waals surface area (Å²) in [5.41, 5.74) is 1.56. The first-order valence-electron chi connectivity index (χ1n) is 9.72. The van der Waals surface area contributed by atoms with E-state index in [0.29, 0.717) is 28.8 Å². The summed E-state index contributed by atoms with van der Waals surface area (Å²) < 4.78 is 26.8. The Morgan fingerprint density at radius 2 is 1.25 bits per heavy atom. The number of hydrogen-bond donors (Lipinski definition) is 0. The molecule has 0 aromatic heterocycles. The molecule has 2 saturated heterocycles. The predicted molar refractivity (Wildman–Crippen MR) is 103 cm³/mol. The Bertz CT molecular complexity index is 409. The Morgan fingerprint density at radius 3 is 1.71 bits per heavy atom. The van der Waals surface area contributed by atoms with Crippen LogP contribution in [-0.4, -0.2) is 42.0 Å². The summed E-state index contributed by atoms with van der Waals surface area (Å²) in [6.07, 6.45) is 1.35. The standard InChI is InChI=1S/C18H38O4Si2/c1-12(2)23(13(3)4)19-11-18-17(10-16(9)20-18)21-24(22-23,14(5)6)15(7)8/h12-18H,10-11H2,1-9H3/t16-,17+,18+/m0/s1. The van der Waals surface area contributed by atoms with Gasteiger partial charge in [0.1, 0.15) is 6.10 Å². The number of rotatable bonds is 4. The topological polar surface area (TPSA) is 36.9 Å². The highest BCUT2D eigenvalue weighted by Crippen LogP contribution is 2.47. The second kappa shape index (κ2) is 7.49. The van der Waals surface area contributed by atoms with Gasteiger partial charge in [0.05, 0.1) is 18.8 Å². The van der Waals surface area contributed by atoms with Crippen molar-refractivity contribution < 1.29 is 17.7 Å². The van der Waals surface area contributed by atoms with Gasteiger partial charge in [0.15, 0.2) is 0 Å². The van der Waals surface area contributed by atoms with Gasteiger partial charge in [-0.2, -0.15) is 0 Å². The smallest absolute Gasteiger partial charge is 0.335 e. The van der Waals surface area contributed by atoms with E-state index in [1.54, 1.807) is 0 Å². The molecule has 0 aliphatic carbocycles. The van der Waals surface area contributed by atoms with E-state index in [0.717, 1.165) is 6.42 Å². The normalized spacial score (nSPS) is 33.1. The van der Waals surface area contributed by atoms with Crippen LogP contribution in [0, 0.1) is 0 Å². The molecule has 0 spiro atoms. The van der Waals surface area contributed by atoms with E-state index in [9.17, 15) is 0 Å². The van der Waals surface area contributed by atoms with Crippen LogP contribution in [0.1, 0.15) is 68.7 Å². The van der Waals surface area contributed by atoms with Gasteiger partial charge >= 0.3 is 17.1 Å². The minimum atomic E-state index is -2.44. The molecular formula is C18H38O4Si2. The minimum absolute atomic E-state index is 0.0534. The number of ether oxygens (including phenoxy) is 1. The van der Waals surface area contributed by atoms with Crippen molar-refractivity contribution in [2.75, 3.05) is 6.61 Å². The van der Waals surface area contributed by atoms with Crippen LogP contribution in [0.4, 0.5) is 0 Å². The van der Waals surface area contributed by atoms with Crippen LogP contribution >= 0.6 is 0 Å². The molecule has 24 heavy (non-hydrogen) atoms. The molecule has 2 aliphatic heterocycles. The van der Waals surface area contributed by atoms with Gasteiger partial charge in [-0.3, -0.25) is 0 Å². The van der Waals surface area contributed by atoms with Gasteiger partial charge in [-0.1, -0.05) is 55.4 Å². The summed E-state index contributed by atoms with van der Waals surface area (Å²) in [7, 11) is -4.85. The van der Waals surface area contributed by atoms with Crippen molar-refractivity contribution in [3.8, 4) is 0 Å². The maximum absolute atomic E-state index is 7.13. The third kappa shape index (κ3) is 3.55. The minimum Gasteiger partial charge on any atom is -0.414 e. The second-order valence-corrected chi connectivity index (χ2v) is 17.7. The zero-order valence-electron chi connectivity index (χ0n) is 17.1. The summed E-state index contributed by atoms with van der Waals surface area (Å²) in [6, 6.07) is 0. The van der Waals surface area contributed by atoms with Crippen LogP contribution in [-0.2, 0) is 17.7 Å². The molecule has 2 fully saturated rings. The Kier molecular flexibility index (Phi) is 6.42. The Labute approximate surface area is 151 Å². The largest absolute Gasteiger partial charge is 0.414 e. The van der Waals surface area contributed by atoms with E-state index < -0.39 is 17.1 Å². The highest BCUT2D eigenvalue weighted by atomic mass is 28.5. The summed E-state index contributed by atoms with van der Waals surface area (Å²) >= 11 is 0. The van der Waals surface area contributed by atoms with Crippen molar-refractivity contribution in [3.05, 3.63) is 0 Å². The highest BCUT2D eigenvalue weighted by Gasteiger charge is 2.59. The number of fused-ring (bicyclic) bond motifs is 1. The van der Waals surface area contributed by atoms with Crippen LogP contribution in [0.3, 0.4) is 0 Å². The van der Waals surface area contributed by atoms with E-state index in [1.165, 1.54) is 0 Å². The van der Waals surface area contributed by atoms with Crippen molar-refractivity contribution in [2.24, 2.45) is 0 Å². The first-order valence-corrected chi connectivity index (χ1v) is 13.7. The zero-order chi connectivity index (χ0) is 18.3. The van der Waals surface area contributed by atoms with Crippen molar-refractivity contribution >= 4 is 17.1 Å². The molecule has 0 unspecified atom stereocenters. The second-order valence-electron chi connectivity index (χ2n) is 8.85. The lowest BCUT2D eigenvalue weighted by atomic mass is 10.1. The third-order valence-electron chi connectivity index (χ3n) is 5.73. The maximum atomic E-state index is 7.13. The number of hydrogen-bond acceptors (Lipinski definition) is 4. The van der Waals surface area contributed by atoms with Gasteiger partial charge in [0.25, 0.3) is 0 Å². The van der Waals surface area contributed by atoms with Crippen molar-refractivity contribution in [1.82, 2.24) is 0 Å². The summed E-state index contributed by atoms with van der Waals surface area (Å²) in [4.78, 5) is 0. The van der Waals surface area contributed by atoms with Crippen LogP contribution in [0.15, 0.2) is 0 Å². The highest BCUT2D eigenvalue weighted by molar-refractivity contribution is 6.83. The molecule has 3 atom stereocenters. The Hall–Kier alpha value is 0.274. The van der Waals surface area contributed by atoms with Crippen LogP contribution in [0.2, 0.25) is 22.2 Å². The van der Waals surface area contributed by atoms with Crippen molar-refractivity contribution in [3.63, 3.8) is 0 Å². The molecule has 0 saturated carbocycles. The van der Waals surface area contributed by atoms with Crippen LogP contribution in [0.25, 0.3) is 0 Å². The molecular weight excluding hydrogens is 336 g/mol. The van der Waals surface area contributed by atoms with Gasteiger partial charge in [-0.15, -0.1) is 0 Å². The predicted octanol–water partition coefficient (Wildman–Crippen LogP) is 5.12. The molecule has 0 bridgehead atoms. The molecule has 2 aliphatic rings. The third-order valence-corrected chi connectivity index (χ3v) is 16.0. The van der Waals surface area contributed by atoms with Gasteiger partial charge in [-0.05, 0) is 29.1 Å². The lowest BCUT2D eigenvalue weighted by molar-refractivity contribution is -0.0344. The molecule has 4 nitrogen and oxygen atoms in total. The fourth-order valence-electron chi connectivity index (χ4n) is 4.35. The van der Waals surface area contributed by atoms with E-state index in [1.807, 2.05) is 0 Å². The van der Waals surface area contributed by atoms with Crippen LogP contribution < -0.4 is 0 Å². The van der Waals surface area contributed by atoms with Gasteiger partial charge in [0, 0.05) is 6.42 Å². The molecule has 0 amide bonds. The molecule has 0 radical (unpaired) electrons. The van der Waals surface area contributed by atoms with Crippen molar-refractivity contribution in [1.29, 1.82) is 0 Å². The quantitative estimate of drug-likeness (QED) is 0.640. The molecule has 142 valence electrons. The summed E-state index contributed by atoms with van der Waals surface area (Å²) in [5.74, 6) is 0. The summed E-state index contributed by atoms with van der Waals surface area (Å²) in [5, 5.41) is 0. The molecule has 0 N–H and O–H groups in total. The molecule has 0 aromatic rings. The Balaban J connectivity index is 2.49. The van der Waals surface area contributed by atoms with E-state index >= 15 is 0 Å². The maximum Gasteiger partial charge on any atom is 0.335 e. The molecule has 2 rings (SSSR count). The monoisotopic (exact) mass is 374 g/mol. The fraction of sp³-hybridized carbons (Fsp3) is 1.00. The SMILES string of the molecule is CC(C)[Si]1(C(C)C)OC[C@H]2O[C@@H](C)C[C@H]2O[Si](C(C)C)(C(C)C)O1. The Morgan fingerprint density at radius 1 is 0.750 bits per heavy atom. The van der Waals surface area contributed by atoms with E-state index in [2.05, 4.69) is 62.3 Å². The van der Waals surface area contributed by atoms with Crippen molar-refractivity contribution in [2.45, 2.75) is 109 Å². The van der Waals surface area contributed by atoms with E-state index in [-0.39, 0.29) is 18.3 Å². The summed E-state index contributed by atoms with van der Waals surface area (Å²) in [6.45, 7) is 20.8. The van der Waals surface area contributed by atoms with Gasteiger partial charge < -0.3 is 17.7 Å². The fourth-order valence-corrected chi connectivity index (χ4v) is 15.6. The lowest BCUT2D eigenvalue weighted by Crippen LogP contribution is -2.65. The average Bonchev–Trinajstić information content (AvgIpc) is 2.77. The van der Waals surface area contributed by atoms with Gasteiger partial charge in [0.2, 0.25) is 0 Å². The molecule has 0 aromatic carbocycles. The molecule has 2 heterocycles. The van der Waals surface area contributed by atoms with E-state index in [4.69, 9.17) is 17.7 Å². The lowest BCUT2D eigenvalue weighted by Gasteiger charge is -2.51. The van der Waals surface area contributed by atoms with Crippen LogP contribution in [0.5, 0.6) is 0 Å².